The average molecular weight is 618 g/mol. The molecule has 1 saturated heterocycles. The van der Waals surface area contributed by atoms with Crippen molar-refractivity contribution < 1.29 is 9.59 Å². The smallest absolute Gasteiger partial charge is 0.316 e. The lowest BCUT2D eigenvalue weighted by atomic mass is 10.00. The van der Waals surface area contributed by atoms with Crippen LogP contribution in [0.25, 0.3) is 0 Å². The van der Waals surface area contributed by atoms with Crippen LogP contribution in [0, 0.1) is 0 Å². The Morgan fingerprint density at radius 1 is 0.804 bits per heavy atom. The predicted molar refractivity (Wildman–Crippen MR) is 188 cm³/mol. The fourth-order valence-corrected chi connectivity index (χ4v) is 5.78. The summed E-state index contributed by atoms with van der Waals surface area (Å²) in [6.07, 6.45) is 7.54. The topological polar surface area (TPSA) is 107 Å². The fourth-order valence-electron chi connectivity index (χ4n) is 5.78. The van der Waals surface area contributed by atoms with Crippen LogP contribution in [0.3, 0.4) is 0 Å². The number of benzodiazepines with no additional fused rings is 1. The second-order valence-electron chi connectivity index (χ2n) is 11.4. The number of aryl methyl sites for hydroxylation is 1. The van der Waals surface area contributed by atoms with Gasteiger partial charge in [0.05, 0.1) is 5.69 Å². The summed E-state index contributed by atoms with van der Waals surface area (Å²) in [4.78, 5) is 38.7. The minimum absolute atomic E-state index is 0.102. The van der Waals surface area contributed by atoms with Gasteiger partial charge in [0.15, 0.2) is 0 Å². The molecule has 0 aliphatic carbocycles. The minimum atomic E-state index is -0.543. The molecule has 1 fully saturated rings. The van der Waals surface area contributed by atoms with Gasteiger partial charge in [-0.2, -0.15) is 0 Å². The standard InChI is InChI=1S/C21H24N2O.C16H19N5O/c1-2-3-15-23-20-12-8-7-11-18(20)19(22-16-21(23)24)14-13-17-9-5-4-6-10-17;17-16(22)19-13-1-3-14(4-2-13)20-9-11-21(12-10-20)15-5-7-18-8-6-15/h4-12H,2-3,13-16H2,1H3;1-8H,9-12H2,(H3,17,19,22). The summed E-state index contributed by atoms with van der Waals surface area (Å²) in [6.45, 7) is 7.05. The first-order chi connectivity index (χ1) is 22.5. The maximum absolute atomic E-state index is 12.5. The molecule has 0 atom stereocenters. The third-order valence-electron chi connectivity index (χ3n) is 8.25. The van der Waals surface area contributed by atoms with Gasteiger partial charge in [-0.05, 0) is 67.3 Å². The van der Waals surface area contributed by atoms with E-state index in [1.54, 1.807) is 0 Å². The molecule has 3 amide bonds. The number of anilines is 4. The van der Waals surface area contributed by atoms with Crippen molar-refractivity contribution in [3.8, 4) is 0 Å². The van der Waals surface area contributed by atoms with Gasteiger partial charge in [0.1, 0.15) is 6.54 Å². The highest BCUT2D eigenvalue weighted by atomic mass is 16.2. The number of aliphatic imine (C=N–C) groups is 1. The number of carbonyl (C=O) groups is 2. The van der Waals surface area contributed by atoms with Crippen LogP contribution in [0.1, 0.15) is 37.3 Å². The van der Waals surface area contributed by atoms with Gasteiger partial charge in [0.2, 0.25) is 5.91 Å². The molecule has 2 aliphatic rings. The Kier molecular flexibility index (Phi) is 11.4. The Bertz CT molecular complexity index is 1590. The zero-order chi connectivity index (χ0) is 32.1. The highest BCUT2D eigenvalue weighted by Gasteiger charge is 2.23. The maximum Gasteiger partial charge on any atom is 0.316 e. The predicted octanol–water partition coefficient (Wildman–Crippen LogP) is 6.15. The second kappa shape index (κ2) is 16.2. The maximum atomic E-state index is 12.5. The van der Waals surface area contributed by atoms with Crippen molar-refractivity contribution >= 4 is 40.4 Å². The van der Waals surface area contributed by atoms with Crippen LogP contribution in [-0.2, 0) is 11.2 Å². The van der Waals surface area contributed by atoms with E-state index >= 15 is 0 Å². The Labute approximate surface area is 271 Å². The molecule has 0 spiro atoms. The first-order valence-corrected chi connectivity index (χ1v) is 16.0. The van der Waals surface area contributed by atoms with Gasteiger partial charge in [-0.1, -0.05) is 61.9 Å². The van der Waals surface area contributed by atoms with E-state index in [0.29, 0.717) is 5.69 Å². The third kappa shape index (κ3) is 8.72. The highest BCUT2D eigenvalue weighted by Crippen LogP contribution is 2.26. The number of urea groups is 1. The molecule has 9 nitrogen and oxygen atoms in total. The summed E-state index contributed by atoms with van der Waals surface area (Å²) < 4.78 is 0. The fraction of sp³-hybridized carbons (Fsp3) is 0.297. The molecule has 3 aromatic carbocycles. The SMILES string of the molecule is CCCCN1C(=O)CN=C(CCc2ccccc2)c2ccccc21.NC(=O)Nc1ccc(N2CCN(c3ccncc3)CC2)cc1. The minimum Gasteiger partial charge on any atom is -0.368 e. The van der Waals surface area contributed by atoms with Crippen molar-refractivity contribution in [3.63, 3.8) is 0 Å². The first kappa shape index (κ1) is 32.2. The number of unbranched alkanes of at least 4 members (excludes halogenated alkanes) is 1. The zero-order valence-corrected chi connectivity index (χ0v) is 26.5. The number of nitrogens with two attached hydrogens (primary N) is 1. The largest absolute Gasteiger partial charge is 0.368 e. The Morgan fingerprint density at radius 3 is 2.09 bits per heavy atom. The number of fused-ring (bicyclic) bond motifs is 1. The molecule has 0 radical (unpaired) electrons. The Morgan fingerprint density at radius 2 is 1.43 bits per heavy atom. The van der Waals surface area contributed by atoms with Gasteiger partial charge in [0.25, 0.3) is 0 Å². The van der Waals surface area contributed by atoms with Crippen LogP contribution in [0.2, 0.25) is 0 Å². The van der Waals surface area contributed by atoms with Gasteiger partial charge in [-0.15, -0.1) is 0 Å². The molecule has 4 aromatic rings. The number of amides is 3. The number of hydrogen-bond donors (Lipinski definition) is 2. The van der Waals surface area contributed by atoms with E-state index in [-0.39, 0.29) is 12.5 Å². The van der Waals surface area contributed by atoms with E-state index in [4.69, 9.17) is 5.73 Å². The van der Waals surface area contributed by atoms with Crippen molar-refractivity contribution in [1.29, 1.82) is 0 Å². The summed E-state index contributed by atoms with van der Waals surface area (Å²) in [5.41, 5.74) is 12.7. The highest BCUT2D eigenvalue weighted by molar-refractivity contribution is 6.11. The van der Waals surface area contributed by atoms with Crippen LogP contribution in [0.4, 0.5) is 27.5 Å². The van der Waals surface area contributed by atoms with Crippen molar-refractivity contribution in [2.45, 2.75) is 32.6 Å². The van der Waals surface area contributed by atoms with E-state index in [9.17, 15) is 9.59 Å². The molecule has 0 saturated carbocycles. The lowest BCUT2D eigenvalue weighted by molar-refractivity contribution is -0.117. The molecule has 2 aliphatic heterocycles. The quantitative estimate of drug-likeness (QED) is 0.234. The van der Waals surface area contributed by atoms with Gasteiger partial charge in [-0.3, -0.25) is 14.8 Å². The van der Waals surface area contributed by atoms with E-state index in [2.05, 4.69) is 62.3 Å². The third-order valence-corrected chi connectivity index (χ3v) is 8.25. The number of rotatable bonds is 9. The molecular formula is C37H43N7O2. The van der Waals surface area contributed by atoms with Crippen LogP contribution in [0.5, 0.6) is 0 Å². The number of nitrogens with one attached hydrogen (secondary N) is 1. The van der Waals surface area contributed by atoms with Crippen LogP contribution < -0.4 is 25.8 Å². The molecule has 0 unspecified atom stereocenters. The summed E-state index contributed by atoms with van der Waals surface area (Å²) >= 11 is 0. The summed E-state index contributed by atoms with van der Waals surface area (Å²) in [7, 11) is 0. The molecule has 0 bridgehead atoms. The number of pyridine rings is 1. The number of aromatic nitrogens is 1. The molecule has 46 heavy (non-hydrogen) atoms. The molecule has 238 valence electrons. The zero-order valence-electron chi connectivity index (χ0n) is 26.5. The van der Waals surface area contributed by atoms with Gasteiger partial charge < -0.3 is 25.8 Å². The van der Waals surface area contributed by atoms with Gasteiger partial charge in [-0.25, -0.2) is 4.79 Å². The monoisotopic (exact) mass is 617 g/mol. The van der Waals surface area contributed by atoms with Gasteiger partial charge >= 0.3 is 6.03 Å². The molecule has 3 heterocycles. The molecular weight excluding hydrogens is 574 g/mol. The van der Waals surface area contributed by atoms with Crippen molar-refractivity contribution in [2.75, 3.05) is 59.3 Å². The number of hydrogen-bond acceptors (Lipinski definition) is 6. The van der Waals surface area contributed by atoms with Crippen molar-refractivity contribution in [2.24, 2.45) is 10.7 Å². The normalized spacial score (nSPS) is 14.4. The van der Waals surface area contributed by atoms with Crippen LogP contribution in [-0.4, -0.2) is 61.9 Å². The number of carbonyl (C=O) groups excluding carboxylic acids is 2. The summed E-state index contributed by atoms with van der Waals surface area (Å²) in [6, 6.07) is 29.9. The molecule has 1 aromatic heterocycles. The first-order valence-electron chi connectivity index (χ1n) is 16.0. The average Bonchev–Trinajstić information content (AvgIpc) is 3.23. The number of nitrogens with zero attached hydrogens (tertiary/aromatic N) is 5. The van der Waals surface area contributed by atoms with Crippen LogP contribution in [0.15, 0.2) is 108 Å². The Balaban J connectivity index is 0.000000182. The lowest BCUT2D eigenvalue weighted by Gasteiger charge is -2.37. The number of primary amides is 1. The number of para-hydroxylation sites is 1. The molecule has 6 rings (SSSR count). The molecule has 3 N–H and O–H groups in total. The van der Waals surface area contributed by atoms with Crippen molar-refractivity contribution in [3.05, 3.63) is 115 Å². The van der Waals surface area contributed by atoms with Crippen molar-refractivity contribution in [1.82, 2.24) is 4.98 Å². The second-order valence-corrected chi connectivity index (χ2v) is 11.4. The van der Waals surface area contributed by atoms with E-state index < -0.39 is 6.03 Å². The van der Waals surface area contributed by atoms with Crippen LogP contribution >= 0.6 is 0 Å². The van der Waals surface area contributed by atoms with E-state index in [1.807, 2.05) is 78.0 Å². The summed E-state index contributed by atoms with van der Waals surface area (Å²) in [5.74, 6) is 0.102. The number of piperazine rings is 1. The lowest BCUT2D eigenvalue weighted by Crippen LogP contribution is -2.46. The summed E-state index contributed by atoms with van der Waals surface area (Å²) in [5, 5.41) is 2.57. The Hall–Kier alpha value is -5.18. The van der Waals surface area contributed by atoms with Gasteiger partial charge in [0, 0.05) is 73.5 Å². The van der Waals surface area contributed by atoms with E-state index in [0.717, 1.165) is 81.1 Å². The number of benzene rings is 3. The molecule has 9 heteroatoms. The van der Waals surface area contributed by atoms with E-state index in [1.165, 1.54) is 11.3 Å².